The highest BCUT2D eigenvalue weighted by Gasteiger charge is 2.18. The standard InChI is InChI=1S/C14H18FN3OS/c1-8(2)7-16-13(19)9(3)18-12-5-4-10(15)6-11(12)17-14(18)20/h4-6,8-9H,7H2,1-3H3,(H,16,19)(H,17,20). The molecule has 1 heterocycles. The number of rotatable bonds is 4. The molecule has 1 atom stereocenters. The Bertz CT molecular complexity index is 689. The Morgan fingerprint density at radius 3 is 2.80 bits per heavy atom. The van der Waals surface area contributed by atoms with Crippen LogP contribution in [0.1, 0.15) is 26.8 Å². The molecule has 20 heavy (non-hydrogen) atoms. The number of halogens is 1. The molecular weight excluding hydrogens is 277 g/mol. The third-order valence-electron chi connectivity index (χ3n) is 3.13. The molecule has 108 valence electrons. The van der Waals surface area contributed by atoms with Gasteiger partial charge in [0.15, 0.2) is 4.77 Å². The minimum Gasteiger partial charge on any atom is -0.354 e. The number of nitrogens with zero attached hydrogens (tertiary/aromatic N) is 1. The summed E-state index contributed by atoms with van der Waals surface area (Å²) < 4.78 is 15.3. The van der Waals surface area contributed by atoms with E-state index in [0.29, 0.717) is 22.8 Å². The van der Waals surface area contributed by atoms with Crippen LogP contribution in [-0.4, -0.2) is 22.0 Å². The van der Waals surface area contributed by atoms with Crippen LogP contribution in [0, 0.1) is 16.5 Å². The van der Waals surface area contributed by atoms with Crippen molar-refractivity contribution in [1.82, 2.24) is 14.9 Å². The van der Waals surface area contributed by atoms with Gasteiger partial charge < -0.3 is 14.9 Å². The summed E-state index contributed by atoms with van der Waals surface area (Å²) in [7, 11) is 0. The highest BCUT2D eigenvalue weighted by Crippen LogP contribution is 2.20. The van der Waals surface area contributed by atoms with Gasteiger partial charge in [0.25, 0.3) is 0 Å². The van der Waals surface area contributed by atoms with Gasteiger partial charge in [0.05, 0.1) is 11.0 Å². The number of aromatic amines is 1. The number of nitrogens with one attached hydrogen (secondary N) is 2. The van der Waals surface area contributed by atoms with Crippen molar-refractivity contribution in [3.05, 3.63) is 28.8 Å². The lowest BCUT2D eigenvalue weighted by Gasteiger charge is -2.15. The van der Waals surface area contributed by atoms with E-state index in [1.54, 1.807) is 17.6 Å². The molecule has 0 radical (unpaired) electrons. The van der Waals surface area contributed by atoms with Crippen molar-refractivity contribution >= 4 is 29.2 Å². The minimum absolute atomic E-state index is 0.0972. The van der Waals surface area contributed by atoms with Crippen LogP contribution in [0.3, 0.4) is 0 Å². The molecular formula is C14H18FN3OS. The number of aromatic nitrogens is 2. The highest BCUT2D eigenvalue weighted by molar-refractivity contribution is 7.71. The minimum atomic E-state index is -0.444. The van der Waals surface area contributed by atoms with E-state index in [1.165, 1.54) is 12.1 Å². The molecule has 2 aromatic rings. The molecule has 0 aliphatic carbocycles. The fourth-order valence-corrected chi connectivity index (χ4v) is 2.42. The molecule has 0 aliphatic rings. The van der Waals surface area contributed by atoms with Crippen molar-refractivity contribution < 1.29 is 9.18 Å². The lowest BCUT2D eigenvalue weighted by molar-refractivity contribution is -0.123. The lowest BCUT2D eigenvalue weighted by Crippen LogP contribution is -2.33. The van der Waals surface area contributed by atoms with Gasteiger partial charge in [-0.05, 0) is 43.3 Å². The molecule has 6 heteroatoms. The molecule has 1 aromatic heterocycles. The van der Waals surface area contributed by atoms with Crippen LogP contribution in [0.25, 0.3) is 11.0 Å². The van der Waals surface area contributed by atoms with E-state index in [1.807, 2.05) is 13.8 Å². The highest BCUT2D eigenvalue weighted by atomic mass is 32.1. The van der Waals surface area contributed by atoms with E-state index in [-0.39, 0.29) is 11.7 Å². The quantitative estimate of drug-likeness (QED) is 0.851. The van der Waals surface area contributed by atoms with Gasteiger partial charge in [-0.3, -0.25) is 4.79 Å². The zero-order valence-corrected chi connectivity index (χ0v) is 12.6. The smallest absolute Gasteiger partial charge is 0.242 e. The summed E-state index contributed by atoms with van der Waals surface area (Å²) in [5, 5.41) is 2.88. The number of carbonyl (C=O) groups is 1. The Hall–Kier alpha value is -1.69. The van der Waals surface area contributed by atoms with Crippen LogP contribution in [0.2, 0.25) is 0 Å². The lowest BCUT2D eigenvalue weighted by atomic mass is 10.2. The average Bonchev–Trinajstić information content (AvgIpc) is 2.69. The van der Waals surface area contributed by atoms with Gasteiger partial charge in [-0.1, -0.05) is 13.8 Å². The number of amides is 1. The molecule has 2 rings (SSSR count). The van der Waals surface area contributed by atoms with Gasteiger partial charge in [0.1, 0.15) is 11.9 Å². The zero-order valence-electron chi connectivity index (χ0n) is 11.7. The van der Waals surface area contributed by atoms with E-state index in [9.17, 15) is 9.18 Å². The fraction of sp³-hybridized carbons (Fsp3) is 0.429. The van der Waals surface area contributed by atoms with E-state index < -0.39 is 6.04 Å². The first-order valence-electron chi connectivity index (χ1n) is 6.57. The predicted molar refractivity (Wildman–Crippen MR) is 79.6 cm³/mol. The van der Waals surface area contributed by atoms with Gasteiger partial charge in [-0.2, -0.15) is 0 Å². The Labute approximate surface area is 122 Å². The molecule has 4 nitrogen and oxygen atoms in total. The number of imidazole rings is 1. The molecule has 0 fully saturated rings. The Balaban J connectivity index is 2.34. The van der Waals surface area contributed by atoms with Crippen molar-refractivity contribution in [2.24, 2.45) is 5.92 Å². The number of hydrogen-bond donors (Lipinski definition) is 2. The number of benzene rings is 1. The first kappa shape index (κ1) is 14.7. The van der Waals surface area contributed by atoms with Crippen molar-refractivity contribution in [2.45, 2.75) is 26.8 Å². The molecule has 0 saturated carbocycles. The van der Waals surface area contributed by atoms with Crippen molar-refractivity contribution in [3.63, 3.8) is 0 Å². The van der Waals surface area contributed by atoms with Crippen LogP contribution < -0.4 is 5.32 Å². The molecule has 1 unspecified atom stereocenters. The van der Waals surface area contributed by atoms with E-state index in [2.05, 4.69) is 10.3 Å². The van der Waals surface area contributed by atoms with Gasteiger partial charge in [-0.15, -0.1) is 0 Å². The van der Waals surface area contributed by atoms with Crippen LogP contribution >= 0.6 is 12.2 Å². The third kappa shape index (κ3) is 2.90. The number of H-pyrrole nitrogens is 1. The Kier molecular flexibility index (Phi) is 4.23. The first-order chi connectivity index (χ1) is 9.40. The van der Waals surface area contributed by atoms with Gasteiger partial charge in [0.2, 0.25) is 5.91 Å². The number of hydrogen-bond acceptors (Lipinski definition) is 2. The topological polar surface area (TPSA) is 49.8 Å². The normalized spacial score (nSPS) is 12.8. The maximum atomic E-state index is 13.2. The summed E-state index contributed by atoms with van der Waals surface area (Å²) in [4.78, 5) is 15.1. The second-order valence-electron chi connectivity index (χ2n) is 5.28. The van der Waals surface area contributed by atoms with E-state index >= 15 is 0 Å². The molecule has 0 spiro atoms. The maximum Gasteiger partial charge on any atom is 0.242 e. The molecule has 0 saturated heterocycles. The molecule has 0 bridgehead atoms. The van der Waals surface area contributed by atoms with Crippen LogP contribution in [-0.2, 0) is 4.79 Å². The van der Waals surface area contributed by atoms with E-state index in [0.717, 1.165) is 5.52 Å². The molecule has 1 aromatic carbocycles. The van der Waals surface area contributed by atoms with Crippen LogP contribution in [0.5, 0.6) is 0 Å². The monoisotopic (exact) mass is 295 g/mol. The molecule has 2 N–H and O–H groups in total. The van der Waals surface area contributed by atoms with Gasteiger partial charge in [0, 0.05) is 6.54 Å². The second kappa shape index (κ2) is 5.75. The SMILES string of the molecule is CC(C)CNC(=O)C(C)n1c(=S)[nH]c2cc(F)ccc21. The molecule has 0 aliphatic heterocycles. The third-order valence-corrected chi connectivity index (χ3v) is 3.43. The summed E-state index contributed by atoms with van der Waals surface area (Å²) in [6.07, 6.45) is 0. The van der Waals surface area contributed by atoms with Gasteiger partial charge >= 0.3 is 0 Å². The molecule has 1 amide bonds. The predicted octanol–water partition coefficient (Wildman–Crippen LogP) is 3.17. The summed E-state index contributed by atoms with van der Waals surface area (Å²) in [5.74, 6) is -0.0472. The summed E-state index contributed by atoms with van der Waals surface area (Å²) in [6, 6.07) is 3.92. The van der Waals surface area contributed by atoms with Gasteiger partial charge in [-0.25, -0.2) is 4.39 Å². The summed E-state index contributed by atoms with van der Waals surface area (Å²) in [5.41, 5.74) is 1.32. The summed E-state index contributed by atoms with van der Waals surface area (Å²) in [6.45, 7) is 6.46. The van der Waals surface area contributed by atoms with Crippen molar-refractivity contribution in [3.8, 4) is 0 Å². The second-order valence-corrected chi connectivity index (χ2v) is 5.66. The first-order valence-corrected chi connectivity index (χ1v) is 6.98. The maximum absolute atomic E-state index is 13.2. The largest absolute Gasteiger partial charge is 0.354 e. The number of fused-ring (bicyclic) bond motifs is 1. The van der Waals surface area contributed by atoms with Crippen molar-refractivity contribution in [2.75, 3.05) is 6.54 Å². The average molecular weight is 295 g/mol. The van der Waals surface area contributed by atoms with Crippen LogP contribution in [0.4, 0.5) is 4.39 Å². The van der Waals surface area contributed by atoms with Crippen molar-refractivity contribution in [1.29, 1.82) is 0 Å². The van der Waals surface area contributed by atoms with Crippen LogP contribution in [0.15, 0.2) is 18.2 Å². The Morgan fingerprint density at radius 1 is 1.45 bits per heavy atom. The Morgan fingerprint density at radius 2 is 2.15 bits per heavy atom. The zero-order chi connectivity index (χ0) is 14.9. The fourth-order valence-electron chi connectivity index (χ4n) is 2.06. The summed E-state index contributed by atoms with van der Waals surface area (Å²) >= 11 is 5.23. The van der Waals surface area contributed by atoms with E-state index in [4.69, 9.17) is 12.2 Å². The number of carbonyl (C=O) groups excluding carboxylic acids is 1.